The number of ether oxygens (including phenoxy) is 1. The molecule has 20 heavy (non-hydrogen) atoms. The number of halogens is 5. The van der Waals surface area contributed by atoms with Crippen LogP contribution in [0.15, 0.2) is 30.3 Å². The van der Waals surface area contributed by atoms with Crippen molar-refractivity contribution in [2.75, 3.05) is 0 Å². The second-order valence-corrected chi connectivity index (χ2v) is 3.72. The van der Waals surface area contributed by atoms with Crippen molar-refractivity contribution >= 4 is 12.4 Å². The largest absolute Gasteiger partial charge is 0.454 e. The summed E-state index contributed by atoms with van der Waals surface area (Å²) in [5.74, 6) is -4.90. The summed E-state index contributed by atoms with van der Waals surface area (Å²) in [7, 11) is 0. The zero-order chi connectivity index (χ0) is 14.0. The third kappa shape index (κ3) is 3.20. The van der Waals surface area contributed by atoms with Gasteiger partial charge in [-0.05, 0) is 12.1 Å². The number of hydrogen-bond donors (Lipinski definition) is 1. The molecular formula is C13H10ClF4NO. The average Bonchev–Trinajstić information content (AvgIpc) is 2.35. The molecule has 0 aromatic heterocycles. The molecular weight excluding hydrogens is 298 g/mol. The molecule has 2 rings (SSSR count). The predicted octanol–water partition coefficient (Wildman–Crippen LogP) is 3.92. The first-order valence-corrected chi connectivity index (χ1v) is 5.32. The SMILES string of the molecule is Cl.NCc1c(F)cc(Oc2cccc(F)c2F)cc1F. The lowest BCUT2D eigenvalue weighted by molar-refractivity contribution is 0.410. The van der Waals surface area contributed by atoms with Crippen molar-refractivity contribution < 1.29 is 22.3 Å². The highest BCUT2D eigenvalue weighted by Crippen LogP contribution is 2.28. The van der Waals surface area contributed by atoms with Crippen LogP contribution in [0.5, 0.6) is 11.5 Å². The van der Waals surface area contributed by atoms with Crippen molar-refractivity contribution in [1.82, 2.24) is 0 Å². The van der Waals surface area contributed by atoms with E-state index in [0.29, 0.717) is 0 Å². The van der Waals surface area contributed by atoms with Crippen LogP contribution in [0.1, 0.15) is 5.56 Å². The first kappa shape index (κ1) is 16.3. The minimum atomic E-state index is -1.23. The van der Waals surface area contributed by atoms with E-state index in [9.17, 15) is 17.6 Å². The Labute approximate surface area is 118 Å². The molecule has 2 nitrogen and oxygen atoms in total. The van der Waals surface area contributed by atoms with Crippen LogP contribution in [-0.2, 0) is 6.54 Å². The quantitative estimate of drug-likeness (QED) is 0.872. The molecule has 0 fully saturated rings. The van der Waals surface area contributed by atoms with Gasteiger partial charge in [-0.15, -0.1) is 12.4 Å². The maximum absolute atomic E-state index is 13.4. The summed E-state index contributed by atoms with van der Waals surface area (Å²) in [4.78, 5) is 0. The lowest BCUT2D eigenvalue weighted by Crippen LogP contribution is -2.04. The molecule has 0 saturated heterocycles. The van der Waals surface area contributed by atoms with Crippen LogP contribution < -0.4 is 10.5 Å². The molecule has 0 aliphatic rings. The van der Waals surface area contributed by atoms with Crippen LogP contribution >= 0.6 is 12.4 Å². The van der Waals surface area contributed by atoms with E-state index in [1.165, 1.54) is 6.07 Å². The summed E-state index contributed by atoms with van der Waals surface area (Å²) in [5.41, 5.74) is 4.87. The van der Waals surface area contributed by atoms with E-state index >= 15 is 0 Å². The third-order valence-electron chi connectivity index (χ3n) is 2.46. The van der Waals surface area contributed by atoms with E-state index in [2.05, 4.69) is 0 Å². The van der Waals surface area contributed by atoms with E-state index in [0.717, 1.165) is 24.3 Å². The van der Waals surface area contributed by atoms with Gasteiger partial charge >= 0.3 is 0 Å². The van der Waals surface area contributed by atoms with Crippen LogP contribution in [0.2, 0.25) is 0 Å². The fraction of sp³-hybridized carbons (Fsp3) is 0.0769. The van der Waals surface area contributed by atoms with Gasteiger partial charge in [0.15, 0.2) is 11.6 Å². The molecule has 7 heteroatoms. The van der Waals surface area contributed by atoms with Gasteiger partial charge in [0.05, 0.1) is 0 Å². The van der Waals surface area contributed by atoms with E-state index < -0.39 is 29.0 Å². The molecule has 2 aromatic carbocycles. The van der Waals surface area contributed by atoms with E-state index in [4.69, 9.17) is 10.5 Å². The molecule has 0 heterocycles. The van der Waals surface area contributed by atoms with Crippen molar-refractivity contribution in [3.63, 3.8) is 0 Å². The average molecular weight is 308 g/mol. The molecule has 2 aromatic rings. The lowest BCUT2D eigenvalue weighted by atomic mass is 10.2. The summed E-state index contributed by atoms with van der Waals surface area (Å²) in [6.07, 6.45) is 0. The first-order valence-electron chi connectivity index (χ1n) is 5.32. The minimum Gasteiger partial charge on any atom is -0.454 e. The fourth-order valence-corrected chi connectivity index (χ4v) is 1.52. The van der Waals surface area contributed by atoms with Crippen molar-refractivity contribution in [3.8, 4) is 11.5 Å². The van der Waals surface area contributed by atoms with Gasteiger partial charge in [0, 0.05) is 24.2 Å². The van der Waals surface area contributed by atoms with Crippen LogP contribution in [0.25, 0.3) is 0 Å². The van der Waals surface area contributed by atoms with Gasteiger partial charge in [0.25, 0.3) is 0 Å². The van der Waals surface area contributed by atoms with Crippen LogP contribution in [0, 0.1) is 23.3 Å². The van der Waals surface area contributed by atoms with Gasteiger partial charge in [-0.1, -0.05) is 6.07 Å². The highest BCUT2D eigenvalue weighted by molar-refractivity contribution is 5.85. The molecule has 0 aliphatic carbocycles. The highest BCUT2D eigenvalue weighted by Gasteiger charge is 2.14. The van der Waals surface area contributed by atoms with Crippen LogP contribution in [0.4, 0.5) is 17.6 Å². The van der Waals surface area contributed by atoms with Gasteiger partial charge in [0.2, 0.25) is 5.82 Å². The second-order valence-electron chi connectivity index (χ2n) is 3.72. The van der Waals surface area contributed by atoms with E-state index in [-0.39, 0.29) is 30.3 Å². The first-order chi connectivity index (χ1) is 9.02. The van der Waals surface area contributed by atoms with E-state index in [1.54, 1.807) is 0 Å². The molecule has 0 aliphatic heterocycles. The molecule has 0 unspecified atom stereocenters. The molecule has 0 atom stereocenters. The van der Waals surface area contributed by atoms with Gasteiger partial charge in [0.1, 0.15) is 17.4 Å². The normalized spacial score (nSPS) is 10.1. The Bertz CT molecular complexity index is 598. The van der Waals surface area contributed by atoms with Crippen molar-refractivity contribution in [2.45, 2.75) is 6.54 Å². The monoisotopic (exact) mass is 307 g/mol. The summed E-state index contributed by atoms with van der Waals surface area (Å²) in [5, 5.41) is 0. The van der Waals surface area contributed by atoms with Crippen molar-refractivity contribution in [2.24, 2.45) is 5.73 Å². The van der Waals surface area contributed by atoms with Gasteiger partial charge in [-0.2, -0.15) is 4.39 Å². The Morgan fingerprint density at radius 3 is 2.10 bits per heavy atom. The highest BCUT2D eigenvalue weighted by atomic mass is 35.5. The predicted molar refractivity (Wildman–Crippen MR) is 67.9 cm³/mol. The van der Waals surface area contributed by atoms with E-state index in [1.807, 2.05) is 0 Å². The third-order valence-corrected chi connectivity index (χ3v) is 2.46. The summed E-state index contributed by atoms with van der Waals surface area (Å²) >= 11 is 0. The molecule has 0 amide bonds. The van der Waals surface area contributed by atoms with Crippen LogP contribution in [0.3, 0.4) is 0 Å². The smallest absolute Gasteiger partial charge is 0.201 e. The summed E-state index contributed by atoms with van der Waals surface area (Å²) in [6.45, 7) is -0.313. The number of nitrogens with two attached hydrogens (primary N) is 1. The van der Waals surface area contributed by atoms with Gasteiger partial charge in [-0.25, -0.2) is 13.2 Å². The Hall–Kier alpha value is -1.79. The standard InChI is InChI=1S/C13H9F4NO.ClH/c14-9-2-1-3-12(13(9)17)19-7-4-10(15)8(6-18)11(16)5-7;/h1-5H,6,18H2;1H. The minimum absolute atomic E-state index is 0. The topological polar surface area (TPSA) is 35.2 Å². The maximum atomic E-state index is 13.4. The molecule has 0 bridgehead atoms. The number of rotatable bonds is 3. The van der Waals surface area contributed by atoms with Crippen LogP contribution in [-0.4, -0.2) is 0 Å². The maximum Gasteiger partial charge on any atom is 0.201 e. The zero-order valence-corrected chi connectivity index (χ0v) is 10.8. The Balaban J connectivity index is 0.00000200. The molecule has 0 spiro atoms. The molecule has 2 N–H and O–H groups in total. The fourth-order valence-electron chi connectivity index (χ4n) is 1.52. The number of benzene rings is 2. The summed E-state index contributed by atoms with van der Waals surface area (Å²) in [6, 6.07) is 4.98. The Morgan fingerprint density at radius 1 is 0.950 bits per heavy atom. The summed E-state index contributed by atoms with van der Waals surface area (Å²) < 4.78 is 58.0. The molecule has 108 valence electrons. The molecule has 0 radical (unpaired) electrons. The Morgan fingerprint density at radius 2 is 1.55 bits per heavy atom. The van der Waals surface area contributed by atoms with Gasteiger partial charge in [-0.3, -0.25) is 0 Å². The lowest BCUT2D eigenvalue weighted by Gasteiger charge is -2.09. The Kier molecular flexibility index (Phi) is 5.35. The zero-order valence-electron chi connectivity index (χ0n) is 10.00. The second kappa shape index (κ2) is 6.58. The molecule has 0 saturated carbocycles. The van der Waals surface area contributed by atoms with Gasteiger partial charge < -0.3 is 10.5 Å². The van der Waals surface area contributed by atoms with Crippen molar-refractivity contribution in [1.29, 1.82) is 0 Å². The number of hydrogen-bond acceptors (Lipinski definition) is 2. The van der Waals surface area contributed by atoms with Crippen molar-refractivity contribution in [3.05, 3.63) is 59.2 Å².